The zero-order valence-electron chi connectivity index (χ0n) is 5.62. The van der Waals surface area contributed by atoms with E-state index in [4.69, 9.17) is 11.5 Å². The van der Waals surface area contributed by atoms with Gasteiger partial charge in [-0.1, -0.05) is 13.2 Å². The predicted molar refractivity (Wildman–Crippen MR) is 43.6 cm³/mol. The molecule has 0 unspecified atom stereocenters. The highest BCUT2D eigenvalue weighted by molar-refractivity contribution is 6.03. The first kappa shape index (κ1) is 8.42. The van der Waals surface area contributed by atoms with Gasteiger partial charge in [0.1, 0.15) is 0 Å². The number of guanidine groups is 1. The Morgan fingerprint density at radius 2 is 1.60 bits per heavy atom. The van der Waals surface area contributed by atoms with Crippen molar-refractivity contribution in [1.82, 2.24) is 0 Å². The van der Waals surface area contributed by atoms with Crippen molar-refractivity contribution in [2.45, 2.75) is 0 Å². The third kappa shape index (κ3) is 3.43. The van der Waals surface area contributed by atoms with Crippen LogP contribution in [0.2, 0.25) is 0 Å². The lowest BCUT2D eigenvalue weighted by molar-refractivity contribution is 1.21. The van der Waals surface area contributed by atoms with Crippen molar-refractivity contribution in [3.8, 4) is 0 Å². The fraction of sp³-hybridized carbons (Fsp3) is 0. The lowest BCUT2D eigenvalue weighted by atomic mass is 10.4. The molecule has 0 fully saturated rings. The third-order valence-corrected chi connectivity index (χ3v) is 0.699. The highest BCUT2D eigenvalue weighted by Gasteiger charge is 1.81. The molecule has 0 amide bonds. The molecule has 0 rings (SSSR count). The van der Waals surface area contributed by atoms with E-state index in [9.17, 15) is 0 Å². The van der Waals surface area contributed by atoms with E-state index in [1.54, 1.807) is 0 Å². The lowest BCUT2D eigenvalue weighted by Gasteiger charge is -1.86. The SMILES string of the molecule is C=CC(C=C)=NN=C(N)N. The fourth-order valence-corrected chi connectivity index (χ4v) is 0.280. The molecule has 0 aromatic carbocycles. The summed E-state index contributed by atoms with van der Waals surface area (Å²) >= 11 is 0. The van der Waals surface area contributed by atoms with Gasteiger partial charge in [0.25, 0.3) is 0 Å². The smallest absolute Gasteiger partial charge is 0.211 e. The molecule has 4 heteroatoms. The van der Waals surface area contributed by atoms with Crippen LogP contribution in [0.5, 0.6) is 0 Å². The summed E-state index contributed by atoms with van der Waals surface area (Å²) in [6.07, 6.45) is 3.00. The number of hydrogen-bond donors (Lipinski definition) is 2. The van der Waals surface area contributed by atoms with Gasteiger partial charge in [-0.25, -0.2) is 0 Å². The lowest BCUT2D eigenvalue weighted by Crippen LogP contribution is -2.21. The fourth-order valence-electron chi connectivity index (χ4n) is 0.280. The summed E-state index contributed by atoms with van der Waals surface area (Å²) in [5.41, 5.74) is 10.5. The van der Waals surface area contributed by atoms with Crippen LogP contribution in [0.15, 0.2) is 35.5 Å². The van der Waals surface area contributed by atoms with Gasteiger partial charge in [0, 0.05) is 0 Å². The van der Waals surface area contributed by atoms with Crippen LogP contribution in [0, 0.1) is 0 Å². The first-order valence-electron chi connectivity index (χ1n) is 2.62. The number of nitrogens with zero attached hydrogens (tertiary/aromatic N) is 2. The van der Waals surface area contributed by atoms with Crippen molar-refractivity contribution in [2.24, 2.45) is 21.7 Å². The summed E-state index contributed by atoms with van der Waals surface area (Å²) in [4.78, 5) is 0. The van der Waals surface area contributed by atoms with E-state index in [0.717, 1.165) is 0 Å². The molecule has 0 aromatic heterocycles. The maximum atomic E-state index is 5.00. The molecule has 4 N–H and O–H groups in total. The topological polar surface area (TPSA) is 76.8 Å². The standard InChI is InChI=1S/C6H10N4/c1-3-5(4-2)9-10-6(7)8/h3-4H,1-2H2,(H4,7,8,10). The number of nitrogens with two attached hydrogens (primary N) is 2. The minimum Gasteiger partial charge on any atom is -0.369 e. The van der Waals surface area contributed by atoms with Gasteiger partial charge in [0.05, 0.1) is 5.71 Å². The summed E-state index contributed by atoms with van der Waals surface area (Å²) in [7, 11) is 0. The van der Waals surface area contributed by atoms with E-state index < -0.39 is 0 Å². The van der Waals surface area contributed by atoms with E-state index in [2.05, 4.69) is 23.4 Å². The molecule has 0 aliphatic rings. The molecule has 0 saturated heterocycles. The van der Waals surface area contributed by atoms with Crippen molar-refractivity contribution in [3.63, 3.8) is 0 Å². The molecule has 0 atom stereocenters. The average molecular weight is 138 g/mol. The van der Waals surface area contributed by atoms with Gasteiger partial charge in [-0.3, -0.25) is 0 Å². The zero-order valence-corrected chi connectivity index (χ0v) is 5.62. The monoisotopic (exact) mass is 138 g/mol. The van der Waals surface area contributed by atoms with E-state index in [0.29, 0.717) is 5.71 Å². The normalized spacial score (nSPS) is 7.60. The quantitative estimate of drug-likeness (QED) is 0.327. The third-order valence-electron chi connectivity index (χ3n) is 0.699. The van der Waals surface area contributed by atoms with Crippen molar-refractivity contribution >= 4 is 11.7 Å². The average Bonchev–Trinajstić information content (AvgIpc) is 1.90. The molecule has 0 aliphatic heterocycles. The van der Waals surface area contributed by atoms with Crippen LogP contribution in [0.25, 0.3) is 0 Å². The molecule has 0 heterocycles. The second kappa shape index (κ2) is 4.31. The molecule has 54 valence electrons. The number of allylic oxidation sites excluding steroid dienone is 2. The van der Waals surface area contributed by atoms with E-state index in [-0.39, 0.29) is 5.96 Å². The van der Waals surface area contributed by atoms with Crippen molar-refractivity contribution in [1.29, 1.82) is 0 Å². The van der Waals surface area contributed by atoms with Gasteiger partial charge in [0.15, 0.2) is 0 Å². The minimum absolute atomic E-state index is 0.0822. The van der Waals surface area contributed by atoms with Crippen molar-refractivity contribution in [3.05, 3.63) is 25.3 Å². The highest BCUT2D eigenvalue weighted by Crippen LogP contribution is 1.81. The van der Waals surface area contributed by atoms with Crippen LogP contribution in [0.4, 0.5) is 0 Å². The highest BCUT2D eigenvalue weighted by atomic mass is 15.3. The molecule has 0 radical (unpaired) electrons. The predicted octanol–water partition coefficient (Wildman–Crippen LogP) is -0.0122. The molecule has 0 aromatic rings. The molecular weight excluding hydrogens is 128 g/mol. The zero-order chi connectivity index (χ0) is 7.98. The van der Waals surface area contributed by atoms with E-state index in [1.165, 1.54) is 12.2 Å². The van der Waals surface area contributed by atoms with Gasteiger partial charge in [-0.15, -0.1) is 10.2 Å². The number of rotatable bonds is 3. The molecule has 0 aliphatic carbocycles. The summed E-state index contributed by atoms with van der Waals surface area (Å²) in [5.74, 6) is -0.0822. The van der Waals surface area contributed by atoms with Gasteiger partial charge in [-0.2, -0.15) is 0 Å². The van der Waals surface area contributed by atoms with Crippen molar-refractivity contribution in [2.75, 3.05) is 0 Å². The number of hydrogen-bond acceptors (Lipinski definition) is 2. The van der Waals surface area contributed by atoms with Crippen LogP contribution in [0.3, 0.4) is 0 Å². The minimum atomic E-state index is -0.0822. The Morgan fingerprint density at radius 3 is 1.90 bits per heavy atom. The molecule has 0 saturated carbocycles. The van der Waals surface area contributed by atoms with Crippen LogP contribution < -0.4 is 11.5 Å². The van der Waals surface area contributed by atoms with Gasteiger partial charge >= 0.3 is 0 Å². The van der Waals surface area contributed by atoms with E-state index in [1.807, 2.05) is 0 Å². The summed E-state index contributed by atoms with van der Waals surface area (Å²) < 4.78 is 0. The molecule has 0 spiro atoms. The van der Waals surface area contributed by atoms with Crippen LogP contribution in [0.1, 0.15) is 0 Å². The Hall–Kier alpha value is -1.58. The Balaban J connectivity index is 4.26. The van der Waals surface area contributed by atoms with Crippen LogP contribution in [-0.2, 0) is 0 Å². The summed E-state index contributed by atoms with van der Waals surface area (Å²) in [6.45, 7) is 6.91. The Morgan fingerprint density at radius 1 is 1.10 bits per heavy atom. The van der Waals surface area contributed by atoms with Gasteiger partial charge < -0.3 is 11.5 Å². The molecule has 10 heavy (non-hydrogen) atoms. The Labute approximate surface area is 59.6 Å². The Bertz CT molecular complexity index is 176. The maximum Gasteiger partial charge on any atom is 0.211 e. The summed E-state index contributed by atoms with van der Waals surface area (Å²) in [5, 5.41) is 6.96. The largest absolute Gasteiger partial charge is 0.369 e. The van der Waals surface area contributed by atoms with Crippen molar-refractivity contribution < 1.29 is 0 Å². The molecular formula is C6H10N4. The second-order valence-electron chi connectivity index (χ2n) is 1.46. The van der Waals surface area contributed by atoms with Crippen LogP contribution >= 0.6 is 0 Å². The molecule has 4 nitrogen and oxygen atoms in total. The maximum absolute atomic E-state index is 5.00. The summed E-state index contributed by atoms with van der Waals surface area (Å²) in [6, 6.07) is 0. The first-order valence-corrected chi connectivity index (χ1v) is 2.62. The van der Waals surface area contributed by atoms with E-state index >= 15 is 0 Å². The van der Waals surface area contributed by atoms with Gasteiger partial charge in [-0.05, 0) is 12.2 Å². The second-order valence-corrected chi connectivity index (χ2v) is 1.46. The van der Waals surface area contributed by atoms with Gasteiger partial charge in [0.2, 0.25) is 5.96 Å². The molecule has 0 bridgehead atoms. The Kier molecular flexibility index (Phi) is 3.63. The first-order chi connectivity index (χ1) is 4.70. The van der Waals surface area contributed by atoms with Crippen LogP contribution in [-0.4, -0.2) is 11.7 Å².